The maximum absolute atomic E-state index is 2.17. The zero-order valence-corrected chi connectivity index (χ0v) is 5.63. The van der Waals surface area contributed by atoms with Crippen molar-refractivity contribution in [1.29, 1.82) is 0 Å². The van der Waals surface area contributed by atoms with Crippen molar-refractivity contribution in [2.75, 3.05) is 14.1 Å². The van der Waals surface area contributed by atoms with Crippen molar-refractivity contribution < 1.29 is 0 Å². The molecule has 0 radical (unpaired) electrons. The van der Waals surface area contributed by atoms with E-state index in [1.54, 1.807) is 0 Å². The Morgan fingerprint density at radius 2 is 2.00 bits per heavy atom. The van der Waals surface area contributed by atoms with Crippen molar-refractivity contribution >= 4 is 0 Å². The number of hydrogen-bond donors (Lipinski definition) is 0. The molecule has 0 amide bonds. The molecule has 1 aliphatic rings. The molecule has 2 heteroatoms. The minimum absolute atomic E-state index is 0.569. The van der Waals surface area contributed by atoms with E-state index in [0.29, 0.717) is 6.04 Å². The van der Waals surface area contributed by atoms with Gasteiger partial charge in [-0.3, -0.25) is 0 Å². The van der Waals surface area contributed by atoms with E-state index in [1.807, 2.05) is 7.05 Å². The van der Waals surface area contributed by atoms with Gasteiger partial charge in [-0.1, -0.05) is 0 Å². The van der Waals surface area contributed by atoms with Crippen LogP contribution in [-0.4, -0.2) is 30.2 Å². The van der Waals surface area contributed by atoms with Crippen LogP contribution in [0.1, 0.15) is 6.92 Å². The Kier molecular flexibility index (Phi) is 1.26. The lowest BCUT2D eigenvalue weighted by atomic mass is 10.3. The summed E-state index contributed by atoms with van der Waals surface area (Å²) >= 11 is 0. The molecular weight excluding hydrogens is 100 g/mol. The first kappa shape index (κ1) is 5.63. The number of rotatable bonds is 0. The fourth-order valence-corrected chi connectivity index (χ4v) is 0.766. The molecule has 0 N–H and O–H groups in total. The minimum atomic E-state index is 0.569. The third-order valence-electron chi connectivity index (χ3n) is 1.67. The van der Waals surface area contributed by atoms with Gasteiger partial charge in [-0.25, -0.2) is 5.01 Å². The molecule has 1 unspecified atom stereocenters. The second-order valence-electron chi connectivity index (χ2n) is 2.23. The van der Waals surface area contributed by atoms with E-state index in [4.69, 9.17) is 0 Å². The quantitative estimate of drug-likeness (QED) is 0.454. The molecule has 46 valence electrons. The molecule has 1 atom stereocenters. The van der Waals surface area contributed by atoms with Gasteiger partial charge >= 0.3 is 0 Å². The maximum atomic E-state index is 2.17. The first-order chi connectivity index (χ1) is 3.72. The van der Waals surface area contributed by atoms with Gasteiger partial charge in [0.05, 0.1) is 0 Å². The molecule has 0 aliphatic carbocycles. The third kappa shape index (κ3) is 0.713. The van der Waals surface area contributed by atoms with Crippen molar-refractivity contribution in [2.24, 2.45) is 0 Å². The molecule has 0 bridgehead atoms. The highest BCUT2D eigenvalue weighted by Crippen LogP contribution is 2.08. The molecule has 8 heavy (non-hydrogen) atoms. The van der Waals surface area contributed by atoms with Crippen LogP contribution in [-0.2, 0) is 0 Å². The average Bonchev–Trinajstić information content (AvgIpc) is 1.98. The van der Waals surface area contributed by atoms with E-state index < -0.39 is 0 Å². The van der Waals surface area contributed by atoms with Crippen LogP contribution in [0.15, 0.2) is 12.3 Å². The summed E-state index contributed by atoms with van der Waals surface area (Å²) in [6, 6.07) is 0.569. The first-order valence-electron chi connectivity index (χ1n) is 2.85. The van der Waals surface area contributed by atoms with Crippen molar-refractivity contribution in [3.05, 3.63) is 12.3 Å². The Hall–Kier alpha value is -0.500. The van der Waals surface area contributed by atoms with Crippen LogP contribution in [0.4, 0.5) is 0 Å². The average molecular weight is 112 g/mol. The summed E-state index contributed by atoms with van der Waals surface area (Å²) in [4.78, 5) is 0. The van der Waals surface area contributed by atoms with Crippen LogP contribution >= 0.6 is 0 Å². The fraction of sp³-hybridized carbons (Fsp3) is 0.667. The van der Waals surface area contributed by atoms with E-state index in [2.05, 4.69) is 36.3 Å². The summed E-state index contributed by atoms with van der Waals surface area (Å²) in [7, 11) is 4.12. The SMILES string of the molecule is CC1C=CN(C)N1C. The van der Waals surface area contributed by atoms with Crippen LogP contribution in [0.3, 0.4) is 0 Å². The van der Waals surface area contributed by atoms with Gasteiger partial charge in [0.25, 0.3) is 0 Å². The highest BCUT2D eigenvalue weighted by molar-refractivity contribution is 4.95. The smallest absolute Gasteiger partial charge is 0.0459 e. The van der Waals surface area contributed by atoms with Crippen LogP contribution in [0.2, 0.25) is 0 Å². The summed E-state index contributed by atoms with van der Waals surface area (Å²) < 4.78 is 0. The van der Waals surface area contributed by atoms with Crippen molar-refractivity contribution in [3.63, 3.8) is 0 Å². The normalized spacial score (nSPS) is 29.9. The number of nitrogens with zero attached hydrogens (tertiary/aromatic N) is 2. The maximum Gasteiger partial charge on any atom is 0.0459 e. The van der Waals surface area contributed by atoms with Gasteiger partial charge in [-0.05, 0) is 13.0 Å². The Balaban J connectivity index is 2.55. The predicted octanol–water partition coefficient (Wildman–Crippen LogP) is 0.681. The molecular formula is C6H12N2. The molecule has 2 nitrogen and oxygen atoms in total. The van der Waals surface area contributed by atoms with E-state index in [-0.39, 0.29) is 0 Å². The molecule has 1 heterocycles. The highest BCUT2D eigenvalue weighted by Gasteiger charge is 2.13. The van der Waals surface area contributed by atoms with Gasteiger partial charge < -0.3 is 5.01 Å². The Bertz CT molecular complexity index is 97.1. The number of hydrogen-bond acceptors (Lipinski definition) is 2. The van der Waals surface area contributed by atoms with E-state index in [0.717, 1.165) is 0 Å². The molecule has 0 fully saturated rings. The monoisotopic (exact) mass is 112 g/mol. The molecule has 0 aromatic rings. The standard InChI is InChI=1S/C6H12N2/c1-6-4-5-7(2)8(6)3/h4-6H,1-3H3. The summed E-state index contributed by atoms with van der Waals surface area (Å²) in [5.74, 6) is 0. The molecule has 0 saturated heterocycles. The van der Waals surface area contributed by atoms with Gasteiger partial charge in [0.2, 0.25) is 0 Å². The van der Waals surface area contributed by atoms with Gasteiger partial charge in [0.15, 0.2) is 0 Å². The van der Waals surface area contributed by atoms with Gasteiger partial charge in [0, 0.05) is 26.3 Å². The Morgan fingerprint density at radius 3 is 2.12 bits per heavy atom. The molecule has 1 rings (SSSR count). The van der Waals surface area contributed by atoms with Crippen LogP contribution in [0.5, 0.6) is 0 Å². The molecule has 0 aromatic heterocycles. The number of hydrazine groups is 1. The highest BCUT2D eigenvalue weighted by atomic mass is 15.6. The van der Waals surface area contributed by atoms with Gasteiger partial charge in [-0.15, -0.1) is 0 Å². The van der Waals surface area contributed by atoms with E-state index >= 15 is 0 Å². The van der Waals surface area contributed by atoms with E-state index in [9.17, 15) is 0 Å². The minimum Gasteiger partial charge on any atom is -0.316 e. The fourth-order valence-electron chi connectivity index (χ4n) is 0.766. The summed E-state index contributed by atoms with van der Waals surface area (Å²) in [6.45, 7) is 2.17. The molecule has 0 aromatic carbocycles. The zero-order valence-electron chi connectivity index (χ0n) is 5.63. The summed E-state index contributed by atoms with van der Waals surface area (Å²) in [6.07, 6.45) is 4.24. The molecule has 0 saturated carbocycles. The topological polar surface area (TPSA) is 6.48 Å². The number of likely N-dealkylation sites (N-methyl/N-ethyl adjacent to an activating group) is 1. The lowest BCUT2D eigenvalue weighted by Crippen LogP contribution is -2.32. The molecule has 1 aliphatic heterocycles. The summed E-state index contributed by atoms with van der Waals surface area (Å²) in [5, 5.41) is 4.24. The van der Waals surface area contributed by atoms with Gasteiger partial charge in [0.1, 0.15) is 0 Å². The van der Waals surface area contributed by atoms with Crippen molar-refractivity contribution in [2.45, 2.75) is 13.0 Å². The third-order valence-corrected chi connectivity index (χ3v) is 1.67. The van der Waals surface area contributed by atoms with Crippen LogP contribution in [0, 0.1) is 0 Å². The lowest BCUT2D eigenvalue weighted by molar-refractivity contribution is 0.0809. The van der Waals surface area contributed by atoms with Crippen LogP contribution in [0.25, 0.3) is 0 Å². The Morgan fingerprint density at radius 1 is 1.38 bits per heavy atom. The van der Waals surface area contributed by atoms with Crippen molar-refractivity contribution in [1.82, 2.24) is 10.0 Å². The largest absolute Gasteiger partial charge is 0.316 e. The molecule has 0 spiro atoms. The second kappa shape index (κ2) is 1.78. The summed E-state index contributed by atoms with van der Waals surface area (Å²) in [5.41, 5.74) is 0. The second-order valence-corrected chi connectivity index (χ2v) is 2.23. The first-order valence-corrected chi connectivity index (χ1v) is 2.85. The zero-order chi connectivity index (χ0) is 6.15. The van der Waals surface area contributed by atoms with Crippen molar-refractivity contribution in [3.8, 4) is 0 Å². The predicted molar refractivity (Wildman–Crippen MR) is 34.1 cm³/mol. The van der Waals surface area contributed by atoms with E-state index in [1.165, 1.54) is 0 Å². The lowest BCUT2D eigenvalue weighted by Gasteiger charge is -2.23. The van der Waals surface area contributed by atoms with Gasteiger partial charge in [-0.2, -0.15) is 0 Å². The van der Waals surface area contributed by atoms with Crippen LogP contribution < -0.4 is 0 Å². The Labute approximate surface area is 50.4 Å².